The van der Waals surface area contributed by atoms with E-state index in [-0.39, 0.29) is 6.61 Å². The Bertz CT molecular complexity index is 753. The van der Waals surface area contributed by atoms with Crippen LogP contribution in [-0.2, 0) is 22.3 Å². The number of benzene rings is 2. The van der Waals surface area contributed by atoms with Crippen LogP contribution in [0.4, 0.5) is 24.5 Å². The van der Waals surface area contributed by atoms with Gasteiger partial charge in [-0.1, -0.05) is 18.2 Å². The topological polar surface area (TPSA) is 78.3 Å². The Morgan fingerprint density at radius 1 is 1.08 bits per heavy atom. The van der Waals surface area contributed by atoms with Gasteiger partial charge >= 0.3 is 12.1 Å². The van der Waals surface area contributed by atoms with Gasteiger partial charge in [-0.05, 0) is 35.9 Å². The Labute approximate surface area is 136 Å². The quantitative estimate of drug-likeness (QED) is 0.508. The summed E-state index contributed by atoms with van der Waals surface area (Å²) in [4.78, 5) is 11.6. The molecule has 0 saturated heterocycles. The summed E-state index contributed by atoms with van der Waals surface area (Å²) in [6, 6.07) is 9.27. The van der Waals surface area contributed by atoms with E-state index in [1.54, 1.807) is 18.2 Å². The molecule has 0 saturated carbocycles. The van der Waals surface area contributed by atoms with Crippen molar-refractivity contribution in [3.8, 4) is 0 Å². The smallest absolute Gasteiger partial charge is 0.416 e. The molecule has 4 nitrogen and oxygen atoms in total. The number of nitrogens with two attached hydrogens (primary N) is 2. The van der Waals surface area contributed by atoms with Gasteiger partial charge in [0.05, 0.1) is 5.56 Å². The van der Waals surface area contributed by atoms with Crippen LogP contribution < -0.4 is 11.5 Å². The number of anilines is 2. The molecule has 7 heteroatoms. The number of hydrogen-bond donors (Lipinski definition) is 2. The summed E-state index contributed by atoms with van der Waals surface area (Å²) in [6.45, 7) is -0.0255. The number of rotatable bonds is 4. The van der Waals surface area contributed by atoms with Gasteiger partial charge in [-0.3, -0.25) is 0 Å². The Morgan fingerprint density at radius 2 is 1.75 bits per heavy atom. The maximum absolute atomic E-state index is 12.4. The third-order valence-corrected chi connectivity index (χ3v) is 3.19. The minimum Gasteiger partial charge on any atom is -0.458 e. The van der Waals surface area contributed by atoms with Gasteiger partial charge in [0, 0.05) is 23.0 Å². The highest BCUT2D eigenvalue weighted by Gasteiger charge is 2.29. The number of carbonyl (C=O) groups excluding carboxylic acids is 1. The summed E-state index contributed by atoms with van der Waals surface area (Å²) >= 11 is 0. The van der Waals surface area contributed by atoms with Crippen LogP contribution in [0.25, 0.3) is 6.08 Å². The first-order valence-corrected chi connectivity index (χ1v) is 6.91. The van der Waals surface area contributed by atoms with Crippen molar-refractivity contribution in [2.45, 2.75) is 12.8 Å². The van der Waals surface area contributed by atoms with Crippen LogP contribution in [0.1, 0.15) is 16.7 Å². The van der Waals surface area contributed by atoms with Crippen LogP contribution in [0.15, 0.2) is 48.5 Å². The SMILES string of the molecule is Nc1ccc(COC(=O)C=Cc2ccc(C(F)(F)F)cc2)c(N)c1. The number of esters is 1. The Balaban J connectivity index is 1.93. The third kappa shape index (κ3) is 4.77. The van der Waals surface area contributed by atoms with Crippen LogP contribution in [0.2, 0.25) is 0 Å². The molecule has 0 aliphatic carbocycles. The third-order valence-electron chi connectivity index (χ3n) is 3.19. The normalized spacial score (nSPS) is 11.6. The molecular weight excluding hydrogens is 321 g/mol. The molecular formula is C17H15F3N2O2. The molecule has 2 aromatic rings. The van der Waals surface area contributed by atoms with E-state index in [1.807, 2.05) is 0 Å². The molecule has 0 heterocycles. The van der Waals surface area contributed by atoms with Gasteiger partial charge in [-0.25, -0.2) is 4.79 Å². The van der Waals surface area contributed by atoms with Crippen molar-refractivity contribution in [3.05, 3.63) is 65.2 Å². The summed E-state index contributed by atoms with van der Waals surface area (Å²) in [5.74, 6) is -0.633. The molecule has 0 aromatic heterocycles. The Morgan fingerprint density at radius 3 is 2.33 bits per heavy atom. The fourth-order valence-corrected chi connectivity index (χ4v) is 1.89. The largest absolute Gasteiger partial charge is 0.458 e. The first-order valence-electron chi connectivity index (χ1n) is 6.91. The van der Waals surface area contributed by atoms with Crippen molar-refractivity contribution in [1.82, 2.24) is 0 Å². The van der Waals surface area contributed by atoms with Crippen molar-refractivity contribution in [3.63, 3.8) is 0 Å². The minimum atomic E-state index is -4.39. The molecule has 0 amide bonds. The zero-order valence-corrected chi connectivity index (χ0v) is 12.5. The number of alkyl halides is 3. The summed E-state index contributed by atoms with van der Waals surface area (Å²) < 4.78 is 42.3. The first-order chi connectivity index (χ1) is 11.3. The summed E-state index contributed by atoms with van der Waals surface area (Å²) in [5, 5.41) is 0. The van der Waals surface area contributed by atoms with E-state index in [9.17, 15) is 18.0 Å². The lowest BCUT2D eigenvalue weighted by Gasteiger charge is -2.07. The van der Waals surface area contributed by atoms with E-state index >= 15 is 0 Å². The highest BCUT2D eigenvalue weighted by molar-refractivity contribution is 5.87. The molecule has 126 valence electrons. The van der Waals surface area contributed by atoms with E-state index in [4.69, 9.17) is 16.2 Å². The molecule has 0 fully saturated rings. The molecule has 0 bridgehead atoms. The molecule has 0 aliphatic rings. The van der Waals surface area contributed by atoms with Crippen LogP contribution in [-0.4, -0.2) is 5.97 Å². The van der Waals surface area contributed by atoms with Gasteiger partial charge in [0.25, 0.3) is 0 Å². The fraction of sp³-hybridized carbons (Fsp3) is 0.118. The van der Waals surface area contributed by atoms with E-state index in [2.05, 4.69) is 0 Å². The second-order valence-corrected chi connectivity index (χ2v) is 5.02. The Kier molecular flexibility index (Phi) is 5.13. The van der Waals surface area contributed by atoms with E-state index in [0.717, 1.165) is 18.2 Å². The molecule has 0 aliphatic heterocycles. The molecule has 0 spiro atoms. The van der Waals surface area contributed by atoms with E-state index < -0.39 is 17.7 Å². The average Bonchev–Trinajstić information content (AvgIpc) is 2.51. The first kappa shape index (κ1) is 17.4. The lowest BCUT2D eigenvalue weighted by molar-refractivity contribution is -0.139. The highest BCUT2D eigenvalue weighted by atomic mass is 19.4. The number of carbonyl (C=O) groups is 1. The zero-order valence-electron chi connectivity index (χ0n) is 12.5. The van der Waals surface area contributed by atoms with Gasteiger partial charge in [0.1, 0.15) is 6.61 Å². The predicted octanol–water partition coefficient (Wildman–Crippen LogP) is 3.63. The second kappa shape index (κ2) is 7.08. The highest BCUT2D eigenvalue weighted by Crippen LogP contribution is 2.29. The van der Waals surface area contributed by atoms with Crippen molar-refractivity contribution < 1.29 is 22.7 Å². The van der Waals surface area contributed by atoms with Crippen LogP contribution in [0, 0.1) is 0 Å². The summed E-state index contributed by atoms with van der Waals surface area (Å²) in [6.07, 6.45) is -1.88. The van der Waals surface area contributed by atoms with Gasteiger partial charge in [0.2, 0.25) is 0 Å². The monoisotopic (exact) mass is 336 g/mol. The predicted molar refractivity (Wildman–Crippen MR) is 85.5 cm³/mol. The molecule has 0 unspecified atom stereocenters. The molecule has 2 rings (SSSR count). The van der Waals surface area contributed by atoms with Gasteiger partial charge in [-0.2, -0.15) is 13.2 Å². The van der Waals surface area contributed by atoms with Crippen LogP contribution in [0.5, 0.6) is 0 Å². The van der Waals surface area contributed by atoms with E-state index in [0.29, 0.717) is 22.5 Å². The summed E-state index contributed by atoms with van der Waals surface area (Å²) in [7, 11) is 0. The van der Waals surface area contributed by atoms with Gasteiger partial charge < -0.3 is 16.2 Å². The van der Waals surface area contributed by atoms with Crippen molar-refractivity contribution in [1.29, 1.82) is 0 Å². The molecule has 24 heavy (non-hydrogen) atoms. The van der Waals surface area contributed by atoms with Crippen molar-refractivity contribution in [2.24, 2.45) is 0 Å². The second-order valence-electron chi connectivity index (χ2n) is 5.02. The minimum absolute atomic E-state index is 0.0255. The number of hydrogen-bond acceptors (Lipinski definition) is 4. The zero-order chi connectivity index (χ0) is 17.7. The van der Waals surface area contributed by atoms with Crippen LogP contribution in [0.3, 0.4) is 0 Å². The fourth-order valence-electron chi connectivity index (χ4n) is 1.89. The number of nitrogen functional groups attached to an aromatic ring is 2. The maximum Gasteiger partial charge on any atom is 0.416 e. The average molecular weight is 336 g/mol. The van der Waals surface area contributed by atoms with Crippen molar-refractivity contribution >= 4 is 23.4 Å². The molecule has 4 N–H and O–H groups in total. The Hall–Kier alpha value is -2.96. The van der Waals surface area contributed by atoms with Crippen LogP contribution >= 0.6 is 0 Å². The molecule has 0 radical (unpaired) electrons. The van der Waals surface area contributed by atoms with E-state index in [1.165, 1.54) is 18.2 Å². The number of halogens is 3. The lowest BCUT2D eigenvalue weighted by atomic mass is 10.1. The summed E-state index contributed by atoms with van der Waals surface area (Å²) in [5.41, 5.74) is 12.5. The van der Waals surface area contributed by atoms with Gasteiger partial charge in [-0.15, -0.1) is 0 Å². The molecule has 0 atom stereocenters. The molecule has 2 aromatic carbocycles. The lowest BCUT2D eigenvalue weighted by Crippen LogP contribution is -2.04. The van der Waals surface area contributed by atoms with Gasteiger partial charge in [0.15, 0.2) is 0 Å². The van der Waals surface area contributed by atoms with Crippen molar-refractivity contribution in [2.75, 3.05) is 11.5 Å². The standard InChI is InChI=1S/C17H15F3N2O2/c18-17(19,20)13-5-1-11(2-6-13)3-8-16(23)24-10-12-4-7-14(21)9-15(12)22/h1-9H,10,21-22H2. The maximum atomic E-state index is 12.4. The number of ether oxygens (including phenoxy) is 1.